The lowest BCUT2D eigenvalue weighted by atomic mass is 9.98. The smallest absolute Gasteiger partial charge is 0.305 e. The molecular weight excluding hydrogens is 308 g/mol. The van der Waals surface area contributed by atoms with Gasteiger partial charge in [0, 0.05) is 31.0 Å². The van der Waals surface area contributed by atoms with Crippen LogP contribution in [0.4, 0.5) is 0 Å². The third-order valence-electron chi connectivity index (χ3n) is 2.87. The average molecular weight is 328 g/mol. The summed E-state index contributed by atoms with van der Waals surface area (Å²) in [6.45, 7) is 1.87. The molecule has 122 valence electrons. The molecule has 2 amide bonds. The van der Waals surface area contributed by atoms with Crippen molar-refractivity contribution in [1.82, 2.24) is 10.6 Å². The van der Waals surface area contributed by atoms with E-state index in [1.165, 1.54) is 18.4 Å². The maximum atomic E-state index is 11.9. The van der Waals surface area contributed by atoms with Gasteiger partial charge in [-0.05, 0) is 18.4 Å². The van der Waals surface area contributed by atoms with Crippen LogP contribution in [0.5, 0.6) is 0 Å². The highest BCUT2D eigenvalue weighted by atomic mass is 32.1. The van der Waals surface area contributed by atoms with Crippen LogP contribution in [0.25, 0.3) is 0 Å². The first-order valence-electron chi connectivity index (χ1n) is 6.68. The van der Waals surface area contributed by atoms with E-state index >= 15 is 0 Å². The molecule has 0 fully saturated rings. The van der Waals surface area contributed by atoms with Gasteiger partial charge in [0.1, 0.15) is 0 Å². The zero-order valence-electron chi connectivity index (χ0n) is 12.5. The van der Waals surface area contributed by atoms with E-state index in [0.717, 1.165) is 0 Å². The molecule has 0 bridgehead atoms. The summed E-state index contributed by atoms with van der Waals surface area (Å²) in [7, 11) is 1.44. The number of methoxy groups -OCH3 is 1. The summed E-state index contributed by atoms with van der Waals surface area (Å²) in [6.07, 6.45) is -0.178. The molecule has 0 saturated carbocycles. The molecule has 1 atom stereocenters. The minimum absolute atomic E-state index is 0.0643. The Morgan fingerprint density at radius 3 is 2.68 bits per heavy atom. The second kappa shape index (κ2) is 8.50. The lowest BCUT2D eigenvalue weighted by Gasteiger charge is -2.28. The highest BCUT2D eigenvalue weighted by Crippen LogP contribution is 2.10. The Morgan fingerprint density at radius 1 is 1.41 bits per heavy atom. The van der Waals surface area contributed by atoms with E-state index in [1.54, 1.807) is 23.8 Å². The number of carbonyl (C=O) groups excluding carboxylic acids is 2. The van der Waals surface area contributed by atoms with Crippen LogP contribution in [0.2, 0.25) is 0 Å². The van der Waals surface area contributed by atoms with Crippen molar-refractivity contribution in [3.05, 3.63) is 22.4 Å². The second-order valence-corrected chi connectivity index (χ2v) is 5.91. The van der Waals surface area contributed by atoms with Crippen LogP contribution >= 0.6 is 11.3 Å². The van der Waals surface area contributed by atoms with Crippen molar-refractivity contribution in [1.29, 1.82) is 0 Å². The van der Waals surface area contributed by atoms with Gasteiger partial charge in [0.15, 0.2) is 0 Å². The highest BCUT2D eigenvalue weighted by Gasteiger charge is 2.29. The molecule has 0 spiro atoms. The third-order valence-corrected chi connectivity index (χ3v) is 3.55. The second-order valence-electron chi connectivity index (χ2n) is 5.13. The number of thiophene rings is 1. The molecule has 1 unspecified atom stereocenters. The monoisotopic (exact) mass is 328 g/mol. The standard InChI is InChI=1S/C14H20N2O5S/c1-14(9-21-2,7-12(18)19)16-11(17)3-5-15-13(20)10-4-6-22-8-10/h4,6,8H,3,5,7,9H2,1-2H3,(H,15,20)(H,16,17)(H,18,19). The quantitative estimate of drug-likeness (QED) is 0.624. The molecule has 0 aliphatic carbocycles. The fourth-order valence-corrected chi connectivity index (χ4v) is 2.60. The Morgan fingerprint density at radius 2 is 2.14 bits per heavy atom. The molecule has 0 aromatic carbocycles. The lowest BCUT2D eigenvalue weighted by molar-refractivity contribution is -0.139. The van der Waals surface area contributed by atoms with Crippen LogP contribution < -0.4 is 10.6 Å². The Balaban J connectivity index is 2.40. The van der Waals surface area contributed by atoms with Crippen molar-refractivity contribution in [2.45, 2.75) is 25.3 Å². The lowest BCUT2D eigenvalue weighted by Crippen LogP contribution is -2.51. The van der Waals surface area contributed by atoms with Crippen molar-refractivity contribution in [2.24, 2.45) is 0 Å². The first kappa shape index (κ1) is 18.1. The number of carboxylic acid groups (broad SMARTS) is 1. The molecule has 1 aromatic rings. The summed E-state index contributed by atoms with van der Waals surface area (Å²) in [4.78, 5) is 34.4. The van der Waals surface area contributed by atoms with Gasteiger partial charge in [-0.2, -0.15) is 11.3 Å². The zero-order chi connectivity index (χ0) is 16.6. The molecule has 1 rings (SSSR count). The van der Waals surface area contributed by atoms with Gasteiger partial charge in [-0.3, -0.25) is 14.4 Å². The maximum Gasteiger partial charge on any atom is 0.305 e. The topological polar surface area (TPSA) is 105 Å². The predicted octanol–water partition coefficient (Wildman–Crippen LogP) is 0.864. The number of hydrogen-bond donors (Lipinski definition) is 3. The molecule has 0 saturated heterocycles. The number of amides is 2. The number of carboxylic acids is 1. The van der Waals surface area contributed by atoms with E-state index in [1.807, 2.05) is 0 Å². The van der Waals surface area contributed by atoms with E-state index in [2.05, 4.69) is 10.6 Å². The first-order valence-corrected chi connectivity index (χ1v) is 7.63. The molecule has 7 nitrogen and oxygen atoms in total. The van der Waals surface area contributed by atoms with Gasteiger partial charge in [-0.1, -0.05) is 0 Å². The SMILES string of the molecule is COCC(C)(CC(=O)O)NC(=O)CCNC(=O)c1ccsc1. The van der Waals surface area contributed by atoms with Crippen LogP contribution in [-0.2, 0) is 14.3 Å². The summed E-state index contributed by atoms with van der Waals surface area (Å²) in [5, 5.41) is 17.7. The van der Waals surface area contributed by atoms with Crippen molar-refractivity contribution >= 4 is 29.1 Å². The van der Waals surface area contributed by atoms with Crippen molar-refractivity contribution in [3.63, 3.8) is 0 Å². The summed E-state index contributed by atoms with van der Waals surface area (Å²) in [5.74, 6) is -1.60. The minimum atomic E-state index is -1.02. The van der Waals surface area contributed by atoms with Crippen LogP contribution in [0.1, 0.15) is 30.1 Å². The van der Waals surface area contributed by atoms with Gasteiger partial charge >= 0.3 is 5.97 Å². The maximum absolute atomic E-state index is 11.9. The number of hydrogen-bond acceptors (Lipinski definition) is 5. The molecule has 8 heteroatoms. The Hall–Kier alpha value is -1.93. The molecule has 0 aliphatic heterocycles. The van der Waals surface area contributed by atoms with E-state index < -0.39 is 11.5 Å². The molecule has 0 aliphatic rings. The minimum Gasteiger partial charge on any atom is -0.481 e. The number of nitrogens with one attached hydrogen (secondary N) is 2. The summed E-state index contributed by atoms with van der Waals surface area (Å²) in [5.41, 5.74) is -0.421. The average Bonchev–Trinajstić information content (AvgIpc) is 2.90. The Bertz CT molecular complexity index is 517. The molecular formula is C14H20N2O5S. The van der Waals surface area contributed by atoms with E-state index in [-0.39, 0.29) is 37.8 Å². The van der Waals surface area contributed by atoms with E-state index in [0.29, 0.717) is 5.56 Å². The van der Waals surface area contributed by atoms with E-state index in [9.17, 15) is 14.4 Å². The summed E-state index contributed by atoms with van der Waals surface area (Å²) in [6, 6.07) is 1.70. The molecule has 3 N–H and O–H groups in total. The first-order chi connectivity index (χ1) is 10.4. The summed E-state index contributed by atoms with van der Waals surface area (Å²) < 4.78 is 4.95. The van der Waals surface area contributed by atoms with Crippen LogP contribution in [-0.4, -0.2) is 48.7 Å². The molecule has 0 radical (unpaired) electrons. The normalized spacial score (nSPS) is 13.2. The number of rotatable bonds is 9. The van der Waals surface area contributed by atoms with E-state index in [4.69, 9.17) is 9.84 Å². The van der Waals surface area contributed by atoms with Crippen molar-refractivity contribution in [2.75, 3.05) is 20.3 Å². The van der Waals surface area contributed by atoms with Gasteiger partial charge in [-0.15, -0.1) is 0 Å². The fourth-order valence-electron chi connectivity index (χ4n) is 1.97. The third kappa shape index (κ3) is 6.23. The number of ether oxygens (including phenoxy) is 1. The number of carbonyl (C=O) groups is 3. The van der Waals surface area contributed by atoms with Gasteiger partial charge < -0.3 is 20.5 Å². The Kier molecular flexibility index (Phi) is 7.00. The highest BCUT2D eigenvalue weighted by molar-refractivity contribution is 7.08. The molecule has 1 heterocycles. The molecule has 22 heavy (non-hydrogen) atoms. The fraction of sp³-hybridized carbons (Fsp3) is 0.500. The Labute approximate surface area is 132 Å². The van der Waals surface area contributed by atoms with Gasteiger partial charge in [0.05, 0.1) is 18.6 Å². The largest absolute Gasteiger partial charge is 0.481 e. The molecule has 1 aromatic heterocycles. The van der Waals surface area contributed by atoms with Gasteiger partial charge in [-0.25, -0.2) is 0 Å². The predicted molar refractivity (Wildman–Crippen MR) is 81.9 cm³/mol. The van der Waals surface area contributed by atoms with Crippen LogP contribution in [0.15, 0.2) is 16.8 Å². The number of aliphatic carboxylic acids is 1. The van der Waals surface area contributed by atoms with Gasteiger partial charge in [0.25, 0.3) is 5.91 Å². The zero-order valence-corrected chi connectivity index (χ0v) is 13.4. The van der Waals surface area contributed by atoms with Crippen molar-refractivity contribution < 1.29 is 24.2 Å². The van der Waals surface area contributed by atoms with Gasteiger partial charge in [0.2, 0.25) is 5.91 Å². The summed E-state index contributed by atoms with van der Waals surface area (Å²) >= 11 is 1.42. The van der Waals surface area contributed by atoms with Crippen LogP contribution in [0, 0.1) is 0 Å². The van der Waals surface area contributed by atoms with Crippen LogP contribution in [0.3, 0.4) is 0 Å². The van der Waals surface area contributed by atoms with Crippen molar-refractivity contribution in [3.8, 4) is 0 Å².